The van der Waals surface area contributed by atoms with Gasteiger partial charge in [-0.15, -0.1) is 11.8 Å². The number of phenolic OH excluding ortho intramolecular Hbond substituents is 1. The van der Waals surface area contributed by atoms with Gasteiger partial charge in [-0.3, -0.25) is 0 Å². The first-order valence-corrected chi connectivity index (χ1v) is 4.60. The van der Waals surface area contributed by atoms with Crippen molar-refractivity contribution in [2.45, 2.75) is 4.90 Å². The van der Waals surface area contributed by atoms with Crippen molar-refractivity contribution in [1.82, 2.24) is 0 Å². The summed E-state index contributed by atoms with van der Waals surface area (Å²) in [5.41, 5.74) is 0.297. The van der Waals surface area contributed by atoms with Crippen LogP contribution in [0.1, 0.15) is 0 Å². The summed E-state index contributed by atoms with van der Waals surface area (Å²) in [6, 6.07) is 4.56. The van der Waals surface area contributed by atoms with E-state index in [2.05, 4.69) is 0 Å². The molecule has 3 nitrogen and oxygen atoms in total. The third kappa shape index (κ3) is 1.94. The Hall–Kier alpha value is -0.645. The molecule has 0 heterocycles. The average molecular weight is 184 g/mol. The molecule has 3 N–H and O–H groups in total. The molecule has 12 heavy (non-hydrogen) atoms. The van der Waals surface area contributed by atoms with Crippen LogP contribution in [0.4, 0.5) is 0 Å². The Morgan fingerprint density at radius 2 is 2.00 bits per heavy atom. The predicted molar refractivity (Wildman–Crippen MR) is 49.7 cm³/mol. The number of hydrogen-bond donors (Lipinski definition) is 3. The highest BCUT2D eigenvalue weighted by atomic mass is 32.2. The quantitative estimate of drug-likeness (QED) is 0.439. The van der Waals surface area contributed by atoms with E-state index in [1.54, 1.807) is 12.1 Å². The van der Waals surface area contributed by atoms with Crippen LogP contribution in [0.2, 0.25) is 0 Å². The summed E-state index contributed by atoms with van der Waals surface area (Å²) in [4.78, 5) is 0.722. The second-order valence-electron chi connectivity index (χ2n) is 2.30. The highest BCUT2D eigenvalue weighted by Gasteiger charge is 2.12. The van der Waals surface area contributed by atoms with E-state index in [-0.39, 0.29) is 5.75 Å². The van der Waals surface area contributed by atoms with E-state index in [1.807, 2.05) is 6.26 Å². The zero-order chi connectivity index (χ0) is 9.14. The minimum Gasteiger partial charge on any atom is -0.507 e. The van der Waals surface area contributed by atoms with Gasteiger partial charge in [-0.05, 0) is 23.9 Å². The lowest BCUT2D eigenvalue weighted by Crippen LogP contribution is -2.29. The first kappa shape index (κ1) is 9.44. The van der Waals surface area contributed by atoms with Gasteiger partial charge < -0.3 is 15.2 Å². The van der Waals surface area contributed by atoms with Crippen molar-refractivity contribution in [1.29, 1.82) is 0 Å². The number of thioether (sulfide) groups is 1. The first-order valence-electron chi connectivity index (χ1n) is 3.38. The molecule has 0 aliphatic carbocycles. The van der Waals surface area contributed by atoms with Gasteiger partial charge in [-0.1, -0.05) is 6.07 Å². The van der Waals surface area contributed by atoms with Gasteiger partial charge in [0.1, 0.15) is 5.75 Å². The summed E-state index contributed by atoms with van der Waals surface area (Å²) in [5, 5.41) is 26.8. The Morgan fingerprint density at radius 1 is 1.33 bits per heavy atom. The molecule has 0 aliphatic heterocycles. The molecule has 0 aromatic heterocycles. The molecular weight excluding hydrogens is 175 g/mol. The second kappa shape index (κ2) is 3.84. The average Bonchev–Trinajstić information content (AvgIpc) is 2.04. The molecule has 0 radical (unpaired) electrons. The molecule has 0 spiro atoms. The predicted octanol–water partition coefficient (Wildman–Crippen LogP) is -0.206. The zero-order valence-electron chi connectivity index (χ0n) is 6.56. The van der Waals surface area contributed by atoms with Crippen LogP contribution in [0.5, 0.6) is 5.75 Å². The molecule has 0 fully saturated rings. The highest BCUT2D eigenvalue weighted by molar-refractivity contribution is 7.98. The maximum absolute atomic E-state index is 9.30. The molecule has 0 saturated heterocycles. The van der Waals surface area contributed by atoms with Crippen LogP contribution >= 0.6 is 11.8 Å². The van der Waals surface area contributed by atoms with Gasteiger partial charge in [0.2, 0.25) is 0 Å². The summed E-state index contributed by atoms with van der Waals surface area (Å²) in [5.74, 6) is 0.0769. The van der Waals surface area contributed by atoms with Crippen molar-refractivity contribution < 1.29 is 15.2 Å². The first-order chi connectivity index (χ1) is 5.65. The largest absolute Gasteiger partial charge is 0.507 e. The highest BCUT2D eigenvalue weighted by Crippen LogP contribution is 2.24. The van der Waals surface area contributed by atoms with E-state index in [9.17, 15) is 5.11 Å². The molecule has 5 heteroatoms. The van der Waals surface area contributed by atoms with Crippen molar-refractivity contribution in [3.63, 3.8) is 0 Å². The van der Waals surface area contributed by atoms with Gasteiger partial charge in [0.05, 0.1) is 0 Å². The van der Waals surface area contributed by atoms with E-state index in [1.165, 1.54) is 17.8 Å². The van der Waals surface area contributed by atoms with Crippen LogP contribution in [-0.4, -0.2) is 28.5 Å². The fourth-order valence-corrected chi connectivity index (χ4v) is 1.34. The molecule has 1 aromatic carbocycles. The van der Waals surface area contributed by atoms with Crippen LogP contribution in [0.15, 0.2) is 23.1 Å². The van der Waals surface area contributed by atoms with Crippen molar-refractivity contribution in [2.75, 3.05) is 6.26 Å². The van der Waals surface area contributed by atoms with E-state index < -0.39 is 7.12 Å². The molecule has 0 saturated carbocycles. The SMILES string of the molecule is CSc1ccc(B(O)O)cc1O. The van der Waals surface area contributed by atoms with Crippen LogP contribution in [0.25, 0.3) is 0 Å². The number of hydrogen-bond acceptors (Lipinski definition) is 4. The molecule has 0 bridgehead atoms. The van der Waals surface area contributed by atoms with Crippen LogP contribution in [0.3, 0.4) is 0 Å². The third-order valence-corrected chi connectivity index (χ3v) is 2.29. The summed E-state index contributed by atoms with van der Waals surface area (Å²) >= 11 is 1.40. The van der Waals surface area contributed by atoms with Crippen molar-refractivity contribution in [3.8, 4) is 5.75 Å². The zero-order valence-corrected chi connectivity index (χ0v) is 7.38. The van der Waals surface area contributed by atoms with Crippen molar-refractivity contribution in [3.05, 3.63) is 18.2 Å². The van der Waals surface area contributed by atoms with Gasteiger partial charge in [0, 0.05) is 4.90 Å². The normalized spacial score (nSPS) is 9.92. The van der Waals surface area contributed by atoms with Gasteiger partial charge in [-0.25, -0.2) is 0 Å². The number of rotatable bonds is 2. The van der Waals surface area contributed by atoms with E-state index in [0.717, 1.165) is 4.90 Å². The second-order valence-corrected chi connectivity index (χ2v) is 3.15. The standard InChI is InChI=1S/C7H9BO3S/c1-12-7-3-2-5(8(10)11)4-6(7)9/h2-4,9-11H,1H3. The topological polar surface area (TPSA) is 60.7 Å². The fourth-order valence-electron chi connectivity index (χ4n) is 0.868. The third-order valence-electron chi connectivity index (χ3n) is 1.50. The number of benzene rings is 1. The van der Waals surface area contributed by atoms with E-state index >= 15 is 0 Å². The minimum absolute atomic E-state index is 0.0769. The van der Waals surface area contributed by atoms with Gasteiger partial charge >= 0.3 is 7.12 Å². The lowest BCUT2D eigenvalue weighted by atomic mass is 9.80. The molecule has 1 aromatic rings. The Morgan fingerprint density at radius 3 is 2.42 bits per heavy atom. The van der Waals surface area contributed by atoms with E-state index in [0.29, 0.717) is 5.46 Å². The number of aromatic hydroxyl groups is 1. The molecule has 0 amide bonds. The monoisotopic (exact) mass is 184 g/mol. The van der Waals surface area contributed by atoms with E-state index in [4.69, 9.17) is 10.0 Å². The number of phenols is 1. The smallest absolute Gasteiger partial charge is 0.488 e. The molecule has 1 rings (SSSR count). The van der Waals surface area contributed by atoms with Crippen LogP contribution < -0.4 is 5.46 Å². The van der Waals surface area contributed by atoms with Gasteiger partial charge in [0.25, 0.3) is 0 Å². The summed E-state index contributed by atoms with van der Waals surface area (Å²) in [6.07, 6.45) is 1.84. The van der Waals surface area contributed by atoms with Gasteiger partial charge in [0.15, 0.2) is 0 Å². The summed E-state index contributed by atoms with van der Waals surface area (Å²) < 4.78 is 0. The Balaban J connectivity index is 3.02. The summed E-state index contributed by atoms with van der Waals surface area (Å²) in [6.45, 7) is 0. The molecule has 64 valence electrons. The molecule has 0 aliphatic rings. The molecular formula is C7H9BO3S. The lowest BCUT2D eigenvalue weighted by Gasteiger charge is -2.03. The minimum atomic E-state index is -1.52. The van der Waals surface area contributed by atoms with Crippen LogP contribution in [-0.2, 0) is 0 Å². The van der Waals surface area contributed by atoms with Crippen molar-refractivity contribution in [2.24, 2.45) is 0 Å². The Bertz CT molecular complexity index is 277. The lowest BCUT2D eigenvalue weighted by molar-refractivity contribution is 0.424. The molecule has 0 unspecified atom stereocenters. The van der Waals surface area contributed by atoms with Crippen molar-refractivity contribution >= 4 is 24.3 Å². The fraction of sp³-hybridized carbons (Fsp3) is 0.143. The molecule has 0 atom stereocenters. The maximum atomic E-state index is 9.30. The summed E-state index contributed by atoms with van der Waals surface area (Å²) in [7, 11) is -1.52. The Kier molecular flexibility index (Phi) is 3.02. The maximum Gasteiger partial charge on any atom is 0.488 e. The van der Waals surface area contributed by atoms with Gasteiger partial charge in [-0.2, -0.15) is 0 Å². The van der Waals surface area contributed by atoms with Crippen LogP contribution in [0, 0.1) is 0 Å². The Labute approximate surface area is 75.2 Å².